The molecule has 3 rings (SSSR count). The number of phenols is 1. The van der Waals surface area contributed by atoms with Gasteiger partial charge < -0.3 is 35.4 Å². The lowest BCUT2D eigenvalue weighted by Crippen LogP contribution is -2.24. The molecule has 0 spiro atoms. The number of aromatic hydroxyl groups is 1. The average Bonchev–Trinajstić information content (AvgIpc) is 2.98. The Bertz CT molecular complexity index is 1170. The molecule has 216 valence electrons. The Labute approximate surface area is 237 Å². The van der Waals surface area contributed by atoms with Crippen molar-refractivity contribution in [2.45, 2.75) is 51.9 Å². The zero-order chi connectivity index (χ0) is 28.6. The number of ether oxygens (including phenoxy) is 2. The number of carbonyl (C=O) groups is 1. The molecule has 0 aliphatic heterocycles. The van der Waals surface area contributed by atoms with Gasteiger partial charge in [0.2, 0.25) is 0 Å². The number of aliphatic hydroxyl groups is 2. The third kappa shape index (κ3) is 10.6. The Balaban J connectivity index is 1.29. The quantitative estimate of drug-likeness (QED) is 0.150. The van der Waals surface area contributed by atoms with E-state index in [4.69, 9.17) is 9.47 Å². The number of benzene rings is 3. The Morgan fingerprint density at radius 2 is 1.77 bits per heavy atom. The molecule has 0 fully saturated rings. The molecule has 0 aromatic heterocycles. The highest BCUT2D eigenvalue weighted by atomic mass is 16.5. The Morgan fingerprint density at radius 1 is 0.950 bits per heavy atom. The van der Waals surface area contributed by atoms with E-state index >= 15 is 0 Å². The summed E-state index contributed by atoms with van der Waals surface area (Å²) in [5, 5.41) is 35.5. The minimum Gasteiger partial charge on any atom is -0.508 e. The molecule has 8 heteroatoms. The fraction of sp³-hybridized carbons (Fsp3) is 0.406. The average molecular weight is 551 g/mol. The summed E-state index contributed by atoms with van der Waals surface area (Å²) in [5.74, 6) is 0.737. The van der Waals surface area contributed by atoms with Gasteiger partial charge in [-0.15, -0.1) is 0 Å². The highest BCUT2D eigenvalue weighted by Gasteiger charge is 2.10. The molecule has 1 atom stereocenters. The van der Waals surface area contributed by atoms with Crippen LogP contribution in [0.4, 0.5) is 0 Å². The van der Waals surface area contributed by atoms with Gasteiger partial charge >= 0.3 is 0 Å². The summed E-state index contributed by atoms with van der Waals surface area (Å²) in [6.45, 7) is 4.89. The second kappa shape index (κ2) is 17.3. The molecular weight excluding hydrogens is 508 g/mol. The largest absolute Gasteiger partial charge is 0.508 e. The maximum atomic E-state index is 12.3. The SMILES string of the molecule is CCCCCNC(=O)c1cccc(COCCOc2ccc(CCNC[C@H](O)c3ccc(O)c(CO)c3)cc2)c1. The number of hydrogen-bond donors (Lipinski definition) is 5. The van der Waals surface area contributed by atoms with Gasteiger partial charge in [0, 0.05) is 24.2 Å². The van der Waals surface area contributed by atoms with Crippen LogP contribution in [0.1, 0.15) is 64.9 Å². The molecule has 1 amide bonds. The molecule has 3 aromatic rings. The van der Waals surface area contributed by atoms with Crippen LogP contribution in [-0.4, -0.2) is 54.1 Å². The zero-order valence-corrected chi connectivity index (χ0v) is 23.3. The van der Waals surface area contributed by atoms with E-state index < -0.39 is 6.10 Å². The van der Waals surface area contributed by atoms with Crippen LogP contribution in [0.5, 0.6) is 11.5 Å². The molecule has 0 aliphatic rings. The van der Waals surface area contributed by atoms with Gasteiger partial charge in [-0.1, -0.05) is 50.1 Å². The summed E-state index contributed by atoms with van der Waals surface area (Å²) >= 11 is 0. The van der Waals surface area contributed by atoms with Crippen molar-refractivity contribution in [3.63, 3.8) is 0 Å². The van der Waals surface area contributed by atoms with Gasteiger partial charge in [0.25, 0.3) is 5.91 Å². The third-order valence-electron chi connectivity index (χ3n) is 6.53. The molecule has 40 heavy (non-hydrogen) atoms. The summed E-state index contributed by atoms with van der Waals surface area (Å²) in [6.07, 6.45) is 3.30. The minimum absolute atomic E-state index is 0.0208. The van der Waals surface area contributed by atoms with E-state index in [0.29, 0.717) is 56.1 Å². The number of aliphatic hydroxyl groups excluding tert-OH is 2. The normalized spacial score (nSPS) is 11.8. The maximum absolute atomic E-state index is 12.3. The van der Waals surface area contributed by atoms with E-state index in [1.54, 1.807) is 12.1 Å². The van der Waals surface area contributed by atoms with Crippen LogP contribution in [0.2, 0.25) is 0 Å². The van der Waals surface area contributed by atoms with Crippen molar-refractivity contribution in [2.24, 2.45) is 0 Å². The van der Waals surface area contributed by atoms with E-state index in [0.717, 1.165) is 42.6 Å². The number of rotatable bonds is 18. The third-order valence-corrected chi connectivity index (χ3v) is 6.53. The molecule has 0 unspecified atom stereocenters. The topological polar surface area (TPSA) is 120 Å². The van der Waals surface area contributed by atoms with Crippen LogP contribution in [0.15, 0.2) is 66.7 Å². The van der Waals surface area contributed by atoms with E-state index in [9.17, 15) is 20.1 Å². The van der Waals surface area contributed by atoms with Crippen molar-refractivity contribution in [3.05, 3.63) is 94.5 Å². The Morgan fingerprint density at radius 3 is 2.55 bits per heavy atom. The van der Waals surface area contributed by atoms with E-state index in [2.05, 4.69) is 17.6 Å². The van der Waals surface area contributed by atoms with Gasteiger partial charge in [-0.25, -0.2) is 0 Å². The first-order valence-corrected chi connectivity index (χ1v) is 14.0. The zero-order valence-electron chi connectivity index (χ0n) is 23.3. The minimum atomic E-state index is -0.729. The molecule has 0 heterocycles. The second-order valence-corrected chi connectivity index (χ2v) is 9.72. The van der Waals surface area contributed by atoms with Crippen LogP contribution >= 0.6 is 0 Å². The van der Waals surface area contributed by atoms with Crippen molar-refractivity contribution in [1.82, 2.24) is 10.6 Å². The summed E-state index contributed by atoms with van der Waals surface area (Å²) in [6, 6.07) is 20.1. The number of hydrogen-bond acceptors (Lipinski definition) is 7. The van der Waals surface area contributed by atoms with E-state index in [-0.39, 0.29) is 18.3 Å². The monoisotopic (exact) mass is 550 g/mol. The molecule has 5 N–H and O–H groups in total. The van der Waals surface area contributed by atoms with Crippen molar-refractivity contribution in [3.8, 4) is 11.5 Å². The van der Waals surface area contributed by atoms with Crippen LogP contribution in [-0.2, 0) is 24.4 Å². The number of nitrogens with one attached hydrogen (secondary N) is 2. The summed E-state index contributed by atoms with van der Waals surface area (Å²) in [4.78, 5) is 12.3. The smallest absolute Gasteiger partial charge is 0.251 e. The lowest BCUT2D eigenvalue weighted by atomic mass is 10.1. The molecule has 0 saturated heterocycles. The summed E-state index contributed by atoms with van der Waals surface area (Å²) in [5.41, 5.74) is 3.79. The van der Waals surface area contributed by atoms with Gasteiger partial charge in [0.05, 0.1) is 25.9 Å². The fourth-order valence-corrected chi connectivity index (χ4v) is 4.17. The number of unbranched alkanes of at least 4 members (excludes halogenated alkanes) is 2. The van der Waals surface area contributed by atoms with Crippen molar-refractivity contribution < 1.29 is 29.6 Å². The first-order chi connectivity index (χ1) is 19.5. The van der Waals surface area contributed by atoms with E-state index in [1.165, 1.54) is 6.07 Å². The van der Waals surface area contributed by atoms with Crippen LogP contribution < -0.4 is 15.4 Å². The van der Waals surface area contributed by atoms with Crippen molar-refractivity contribution in [2.75, 3.05) is 32.8 Å². The van der Waals surface area contributed by atoms with Gasteiger partial charge in [-0.05, 0) is 72.5 Å². The number of amides is 1. The summed E-state index contributed by atoms with van der Waals surface area (Å²) < 4.78 is 11.5. The predicted octanol–water partition coefficient (Wildman–Crippen LogP) is 4.27. The molecule has 0 radical (unpaired) electrons. The molecular formula is C32H42N2O6. The van der Waals surface area contributed by atoms with Gasteiger partial charge in [0.1, 0.15) is 18.1 Å². The van der Waals surface area contributed by atoms with Crippen LogP contribution in [0.3, 0.4) is 0 Å². The first-order valence-electron chi connectivity index (χ1n) is 14.0. The number of carbonyl (C=O) groups excluding carboxylic acids is 1. The van der Waals surface area contributed by atoms with Crippen LogP contribution in [0.25, 0.3) is 0 Å². The predicted molar refractivity (Wildman–Crippen MR) is 155 cm³/mol. The standard InChI is InChI=1S/C32H42N2O6/c1-2-3-4-15-34-32(38)27-7-5-6-25(19-27)23-39-17-18-40-29-11-8-24(9-12-29)14-16-33-21-31(37)26-10-13-30(36)28(20-26)22-35/h5-13,19-20,31,33,35-37H,2-4,14-18,21-23H2,1H3,(H,34,38)/t31-/m0/s1. The van der Waals surface area contributed by atoms with Gasteiger partial charge in [0.15, 0.2) is 0 Å². The lowest BCUT2D eigenvalue weighted by Gasteiger charge is -2.14. The van der Waals surface area contributed by atoms with Gasteiger partial charge in [-0.2, -0.15) is 0 Å². The Kier molecular flexibility index (Phi) is 13.5. The molecule has 3 aromatic carbocycles. The van der Waals surface area contributed by atoms with Crippen molar-refractivity contribution in [1.29, 1.82) is 0 Å². The second-order valence-electron chi connectivity index (χ2n) is 9.72. The van der Waals surface area contributed by atoms with E-state index in [1.807, 2.05) is 48.5 Å². The first kappa shape index (κ1) is 31.1. The molecule has 0 bridgehead atoms. The highest BCUT2D eigenvalue weighted by molar-refractivity contribution is 5.94. The fourth-order valence-electron chi connectivity index (χ4n) is 4.17. The van der Waals surface area contributed by atoms with Gasteiger partial charge in [-0.3, -0.25) is 4.79 Å². The lowest BCUT2D eigenvalue weighted by molar-refractivity contribution is 0.0886. The molecule has 0 saturated carbocycles. The maximum Gasteiger partial charge on any atom is 0.251 e. The molecule has 8 nitrogen and oxygen atoms in total. The Hall–Kier alpha value is -3.43. The highest BCUT2D eigenvalue weighted by Crippen LogP contribution is 2.22. The van der Waals surface area contributed by atoms with Crippen molar-refractivity contribution >= 4 is 5.91 Å². The van der Waals surface area contributed by atoms with Crippen LogP contribution in [0, 0.1) is 0 Å². The molecule has 0 aliphatic carbocycles. The summed E-state index contributed by atoms with van der Waals surface area (Å²) in [7, 11) is 0.